The standard InChI is InChI=1S/C48H30N2O/c1-29-35-13-4-5-15-39(35)46(34-22-21-30-11-2-3-12-31(30)27-34)49-48(29)50-42-19-8-6-16-41(42)45-36-25-23-33(28-32(36)24-26-43(45)50)37-17-10-18-40-38-14-7-9-20-44(38)51-47(37)40/h2-28H,1H3. The quantitative estimate of drug-likeness (QED) is 0.191. The second-order valence-electron chi connectivity index (χ2n) is 13.5. The average Bonchev–Trinajstić information content (AvgIpc) is 3.74. The van der Waals surface area contributed by atoms with Crippen molar-refractivity contribution in [2.24, 2.45) is 0 Å². The minimum atomic E-state index is 0.914. The molecule has 0 spiro atoms. The van der Waals surface area contributed by atoms with Gasteiger partial charge in [-0.3, -0.25) is 4.57 Å². The Balaban J connectivity index is 1.16. The first-order valence-electron chi connectivity index (χ1n) is 17.5. The third-order valence-corrected chi connectivity index (χ3v) is 10.7. The Morgan fingerprint density at radius 2 is 1.16 bits per heavy atom. The molecule has 0 saturated carbocycles. The largest absolute Gasteiger partial charge is 0.455 e. The first-order valence-corrected chi connectivity index (χ1v) is 17.5. The van der Waals surface area contributed by atoms with Crippen molar-refractivity contribution in [3.8, 4) is 28.2 Å². The highest BCUT2D eigenvalue weighted by Gasteiger charge is 2.21. The van der Waals surface area contributed by atoms with Crippen LogP contribution in [-0.4, -0.2) is 9.55 Å². The highest BCUT2D eigenvalue weighted by Crippen LogP contribution is 2.42. The Hall–Kier alpha value is -6.71. The van der Waals surface area contributed by atoms with Crippen LogP contribution in [0.25, 0.3) is 104 Å². The van der Waals surface area contributed by atoms with E-state index in [1.54, 1.807) is 0 Å². The summed E-state index contributed by atoms with van der Waals surface area (Å²) in [5, 5.41) is 12.0. The van der Waals surface area contributed by atoms with Crippen molar-refractivity contribution in [1.29, 1.82) is 0 Å². The predicted molar refractivity (Wildman–Crippen MR) is 214 cm³/mol. The second-order valence-corrected chi connectivity index (χ2v) is 13.5. The van der Waals surface area contributed by atoms with Crippen LogP contribution in [0.2, 0.25) is 0 Å². The summed E-state index contributed by atoms with van der Waals surface area (Å²) < 4.78 is 8.80. The molecule has 3 nitrogen and oxygen atoms in total. The number of aryl methyl sites for hydroxylation is 1. The van der Waals surface area contributed by atoms with Gasteiger partial charge in [-0.25, -0.2) is 4.98 Å². The van der Waals surface area contributed by atoms with E-state index in [4.69, 9.17) is 9.40 Å². The van der Waals surface area contributed by atoms with Gasteiger partial charge < -0.3 is 4.42 Å². The zero-order valence-electron chi connectivity index (χ0n) is 27.9. The lowest BCUT2D eigenvalue weighted by molar-refractivity contribution is 0.670. The molecule has 8 aromatic carbocycles. The van der Waals surface area contributed by atoms with Crippen LogP contribution < -0.4 is 0 Å². The summed E-state index contributed by atoms with van der Waals surface area (Å²) in [5.74, 6) is 0.954. The van der Waals surface area contributed by atoms with Gasteiger partial charge in [0.1, 0.15) is 17.0 Å². The number of aromatic nitrogens is 2. The Kier molecular flexibility index (Phi) is 5.88. The van der Waals surface area contributed by atoms with Crippen LogP contribution in [0.5, 0.6) is 0 Å². The third kappa shape index (κ3) is 4.09. The number of pyridine rings is 1. The number of benzene rings is 8. The maximum Gasteiger partial charge on any atom is 0.143 e. The van der Waals surface area contributed by atoms with E-state index in [0.717, 1.165) is 72.1 Å². The lowest BCUT2D eigenvalue weighted by Crippen LogP contribution is -2.03. The van der Waals surface area contributed by atoms with Gasteiger partial charge in [0.05, 0.1) is 16.7 Å². The maximum atomic E-state index is 6.42. The van der Waals surface area contributed by atoms with Gasteiger partial charge in [0.15, 0.2) is 0 Å². The monoisotopic (exact) mass is 650 g/mol. The van der Waals surface area contributed by atoms with Gasteiger partial charge in [-0.05, 0) is 69.8 Å². The minimum absolute atomic E-state index is 0.914. The van der Waals surface area contributed by atoms with Crippen molar-refractivity contribution < 1.29 is 4.42 Å². The SMILES string of the molecule is Cc1c(-n2c3ccccc3c3c4ccc(-c5cccc6c5oc5ccccc56)cc4ccc32)nc(-c2ccc3ccccc3c2)c2ccccc12. The molecule has 0 amide bonds. The molecular weight excluding hydrogens is 621 g/mol. The van der Waals surface area contributed by atoms with Crippen LogP contribution in [0.1, 0.15) is 5.56 Å². The maximum absolute atomic E-state index is 6.42. The lowest BCUT2D eigenvalue weighted by Gasteiger charge is -2.16. The van der Waals surface area contributed by atoms with Crippen LogP contribution in [-0.2, 0) is 0 Å². The Morgan fingerprint density at radius 1 is 0.471 bits per heavy atom. The van der Waals surface area contributed by atoms with E-state index >= 15 is 0 Å². The van der Waals surface area contributed by atoms with Crippen molar-refractivity contribution in [2.75, 3.05) is 0 Å². The summed E-state index contributed by atoms with van der Waals surface area (Å²) in [5.41, 5.74) is 9.64. The summed E-state index contributed by atoms with van der Waals surface area (Å²) in [6, 6.07) is 58.7. The molecule has 11 rings (SSSR count). The molecule has 0 aliphatic rings. The lowest BCUT2D eigenvalue weighted by atomic mass is 9.97. The molecule has 0 radical (unpaired) electrons. The van der Waals surface area contributed by atoms with E-state index in [1.807, 2.05) is 12.1 Å². The number of fused-ring (bicyclic) bond motifs is 10. The molecular formula is C48H30N2O. The summed E-state index contributed by atoms with van der Waals surface area (Å²) in [7, 11) is 0. The molecule has 3 aromatic heterocycles. The van der Waals surface area contributed by atoms with Crippen LogP contribution in [0.4, 0.5) is 0 Å². The first kappa shape index (κ1) is 28.2. The number of rotatable bonds is 3. The van der Waals surface area contributed by atoms with Crippen LogP contribution in [0.3, 0.4) is 0 Å². The van der Waals surface area contributed by atoms with Gasteiger partial charge in [-0.15, -0.1) is 0 Å². The van der Waals surface area contributed by atoms with Crippen molar-refractivity contribution in [3.63, 3.8) is 0 Å². The fraction of sp³-hybridized carbons (Fsp3) is 0.0208. The second kappa shape index (κ2) is 10.6. The highest BCUT2D eigenvalue weighted by molar-refractivity contribution is 6.22. The summed E-state index contributed by atoms with van der Waals surface area (Å²) in [6.07, 6.45) is 0. The number of furan rings is 1. The molecule has 0 saturated heterocycles. The summed E-state index contributed by atoms with van der Waals surface area (Å²) in [4.78, 5) is 5.55. The van der Waals surface area contributed by atoms with Gasteiger partial charge in [-0.2, -0.15) is 0 Å². The molecule has 11 aromatic rings. The molecule has 0 aliphatic carbocycles. The number of hydrogen-bond acceptors (Lipinski definition) is 2. The van der Waals surface area contributed by atoms with Crippen molar-refractivity contribution in [3.05, 3.63) is 169 Å². The van der Waals surface area contributed by atoms with E-state index in [-0.39, 0.29) is 0 Å². The van der Waals surface area contributed by atoms with E-state index in [9.17, 15) is 0 Å². The normalized spacial score (nSPS) is 12.0. The van der Waals surface area contributed by atoms with E-state index < -0.39 is 0 Å². The Morgan fingerprint density at radius 3 is 2.06 bits per heavy atom. The molecule has 3 heterocycles. The molecule has 51 heavy (non-hydrogen) atoms. The Bertz CT molecular complexity index is 3220. The van der Waals surface area contributed by atoms with Crippen LogP contribution in [0.15, 0.2) is 168 Å². The van der Waals surface area contributed by atoms with Gasteiger partial charge >= 0.3 is 0 Å². The summed E-state index contributed by atoms with van der Waals surface area (Å²) in [6.45, 7) is 2.21. The summed E-state index contributed by atoms with van der Waals surface area (Å²) >= 11 is 0. The highest BCUT2D eigenvalue weighted by atomic mass is 16.3. The average molecular weight is 651 g/mol. The van der Waals surface area contributed by atoms with Crippen molar-refractivity contribution >= 4 is 76.1 Å². The molecule has 238 valence electrons. The molecule has 0 fully saturated rings. The zero-order chi connectivity index (χ0) is 33.6. The van der Waals surface area contributed by atoms with Crippen molar-refractivity contribution in [1.82, 2.24) is 9.55 Å². The predicted octanol–water partition coefficient (Wildman–Crippen LogP) is 13.2. The smallest absolute Gasteiger partial charge is 0.143 e. The fourth-order valence-electron chi connectivity index (χ4n) is 8.33. The minimum Gasteiger partial charge on any atom is -0.455 e. The van der Waals surface area contributed by atoms with Gasteiger partial charge in [0.25, 0.3) is 0 Å². The Labute approximate surface area is 293 Å². The van der Waals surface area contributed by atoms with Gasteiger partial charge in [-0.1, -0.05) is 133 Å². The molecule has 0 bridgehead atoms. The van der Waals surface area contributed by atoms with E-state index in [0.29, 0.717) is 0 Å². The zero-order valence-corrected chi connectivity index (χ0v) is 27.9. The van der Waals surface area contributed by atoms with Gasteiger partial charge in [0, 0.05) is 43.6 Å². The topological polar surface area (TPSA) is 31.0 Å². The molecule has 0 aliphatic heterocycles. The molecule has 3 heteroatoms. The van der Waals surface area contributed by atoms with E-state index in [2.05, 4.69) is 163 Å². The van der Waals surface area contributed by atoms with E-state index in [1.165, 1.54) is 37.7 Å². The van der Waals surface area contributed by atoms with Crippen molar-refractivity contribution in [2.45, 2.75) is 6.92 Å². The molecule has 0 atom stereocenters. The molecule has 0 unspecified atom stereocenters. The molecule has 0 N–H and O–H groups in total. The number of hydrogen-bond donors (Lipinski definition) is 0. The van der Waals surface area contributed by atoms with Crippen LogP contribution in [0, 0.1) is 6.92 Å². The number of nitrogens with zero attached hydrogens (tertiary/aromatic N) is 2. The third-order valence-electron chi connectivity index (χ3n) is 10.7. The number of para-hydroxylation sites is 3. The van der Waals surface area contributed by atoms with Crippen LogP contribution >= 0.6 is 0 Å². The first-order chi connectivity index (χ1) is 25.2. The fourth-order valence-corrected chi connectivity index (χ4v) is 8.33. The van der Waals surface area contributed by atoms with Gasteiger partial charge in [0.2, 0.25) is 0 Å².